The Balaban J connectivity index is 1.92. The molecule has 2 N–H and O–H groups in total. The van der Waals surface area contributed by atoms with E-state index < -0.39 is 11.7 Å². The Labute approximate surface area is 197 Å². The fourth-order valence-electron chi connectivity index (χ4n) is 4.52. The van der Waals surface area contributed by atoms with E-state index in [0.29, 0.717) is 11.7 Å². The van der Waals surface area contributed by atoms with Crippen LogP contribution in [0.5, 0.6) is 0 Å². The number of rotatable bonds is 4. The maximum absolute atomic E-state index is 13.2. The van der Waals surface area contributed by atoms with Crippen LogP contribution in [0.3, 0.4) is 0 Å². The fraction of sp³-hybridized carbons (Fsp3) is 0.478. The van der Waals surface area contributed by atoms with Crippen LogP contribution in [0.1, 0.15) is 51.7 Å². The van der Waals surface area contributed by atoms with Gasteiger partial charge in [0.2, 0.25) is 0 Å². The Bertz CT molecular complexity index is 947. The molecule has 0 unspecified atom stereocenters. The molecule has 0 amide bonds. The van der Waals surface area contributed by atoms with E-state index in [-0.39, 0.29) is 27.8 Å². The Morgan fingerprint density at radius 2 is 1.75 bits per heavy atom. The maximum atomic E-state index is 13.2. The molecule has 2 aromatic rings. The summed E-state index contributed by atoms with van der Waals surface area (Å²) in [7, 11) is 0. The Hall–Kier alpha value is -1.90. The van der Waals surface area contributed by atoms with Gasteiger partial charge in [0, 0.05) is 36.1 Å². The van der Waals surface area contributed by atoms with E-state index in [1.165, 1.54) is 6.07 Å². The SMILES string of the molecule is CC1(C)CC(N(Cc2ccncc2)C(=S)Nc2cc(C(F)(F)F)ccc2Cl)CC(C)(C)N1. The molecule has 4 nitrogen and oxygen atoms in total. The van der Waals surface area contributed by atoms with Gasteiger partial charge in [-0.05, 0) is 88.6 Å². The highest BCUT2D eigenvalue weighted by Crippen LogP contribution is 2.35. The van der Waals surface area contributed by atoms with Crippen molar-refractivity contribution >= 4 is 34.6 Å². The molecular weight excluding hydrogens is 457 g/mol. The number of thiocarbonyl (C=S) groups is 1. The van der Waals surface area contributed by atoms with Gasteiger partial charge in [-0.3, -0.25) is 4.98 Å². The summed E-state index contributed by atoms with van der Waals surface area (Å²) in [5.74, 6) is 0. The minimum atomic E-state index is -4.47. The minimum Gasteiger partial charge on any atom is -0.342 e. The maximum Gasteiger partial charge on any atom is 0.416 e. The third-order valence-electron chi connectivity index (χ3n) is 5.51. The van der Waals surface area contributed by atoms with Crippen LogP contribution in [0.15, 0.2) is 42.7 Å². The van der Waals surface area contributed by atoms with Gasteiger partial charge in [-0.1, -0.05) is 11.6 Å². The molecule has 0 spiro atoms. The zero-order chi connectivity index (χ0) is 23.7. The standard InChI is InChI=1S/C23H28ClF3N4S/c1-21(2)12-17(13-22(3,4)30-21)31(14-15-7-9-28-10-8-15)20(32)29-19-11-16(23(25,26)27)5-6-18(19)24/h5-11,17,30H,12-14H2,1-4H3,(H,29,32). The monoisotopic (exact) mass is 484 g/mol. The molecular formula is C23H28ClF3N4S. The van der Waals surface area contributed by atoms with Crippen LogP contribution in [0, 0.1) is 0 Å². The first-order valence-corrected chi connectivity index (χ1v) is 11.2. The lowest BCUT2D eigenvalue weighted by molar-refractivity contribution is -0.137. The first-order chi connectivity index (χ1) is 14.8. The van der Waals surface area contributed by atoms with Crippen molar-refractivity contribution in [2.75, 3.05) is 5.32 Å². The lowest BCUT2D eigenvalue weighted by Crippen LogP contribution is -2.63. The number of hydrogen-bond acceptors (Lipinski definition) is 3. The lowest BCUT2D eigenvalue weighted by Gasteiger charge is -2.50. The second-order valence-electron chi connectivity index (χ2n) is 9.56. The molecule has 0 atom stereocenters. The normalized spacial score (nSPS) is 18.2. The molecule has 9 heteroatoms. The smallest absolute Gasteiger partial charge is 0.342 e. The van der Waals surface area contributed by atoms with Gasteiger partial charge < -0.3 is 15.5 Å². The van der Waals surface area contributed by atoms with Crippen molar-refractivity contribution in [1.82, 2.24) is 15.2 Å². The van der Waals surface area contributed by atoms with Crippen LogP contribution in [0.2, 0.25) is 5.02 Å². The van der Waals surface area contributed by atoms with Crippen LogP contribution < -0.4 is 10.6 Å². The van der Waals surface area contributed by atoms with Gasteiger partial charge in [0.05, 0.1) is 16.3 Å². The average Bonchev–Trinajstić information content (AvgIpc) is 2.65. The predicted molar refractivity (Wildman–Crippen MR) is 127 cm³/mol. The highest BCUT2D eigenvalue weighted by Gasteiger charge is 2.40. The number of piperidine rings is 1. The minimum absolute atomic E-state index is 0.0685. The van der Waals surface area contributed by atoms with E-state index >= 15 is 0 Å². The zero-order valence-corrected chi connectivity index (χ0v) is 20.1. The lowest BCUT2D eigenvalue weighted by atomic mass is 9.79. The molecule has 1 fully saturated rings. The molecule has 2 heterocycles. The quantitative estimate of drug-likeness (QED) is 0.501. The summed E-state index contributed by atoms with van der Waals surface area (Å²) in [6.45, 7) is 9.08. The second-order valence-corrected chi connectivity index (χ2v) is 10.4. The highest BCUT2D eigenvalue weighted by molar-refractivity contribution is 7.80. The molecule has 1 aromatic heterocycles. The first-order valence-electron chi connectivity index (χ1n) is 10.4. The number of hydrogen-bond donors (Lipinski definition) is 2. The van der Waals surface area contributed by atoms with Crippen LogP contribution in [0.4, 0.5) is 18.9 Å². The number of halogens is 4. The van der Waals surface area contributed by atoms with Crippen molar-refractivity contribution in [2.45, 2.75) is 70.4 Å². The largest absolute Gasteiger partial charge is 0.416 e. The Kier molecular flexibility index (Phi) is 7.08. The summed E-state index contributed by atoms with van der Waals surface area (Å²) in [5, 5.41) is 7.15. The van der Waals surface area contributed by atoms with Crippen molar-refractivity contribution < 1.29 is 13.2 Å². The summed E-state index contributed by atoms with van der Waals surface area (Å²) >= 11 is 11.9. The second kappa shape index (κ2) is 9.15. The highest BCUT2D eigenvalue weighted by atomic mass is 35.5. The van der Waals surface area contributed by atoms with Crippen LogP contribution in [-0.4, -0.2) is 32.1 Å². The molecule has 0 radical (unpaired) electrons. The third kappa shape index (κ3) is 6.33. The molecule has 174 valence electrons. The van der Waals surface area contributed by atoms with Crippen LogP contribution in [-0.2, 0) is 12.7 Å². The summed E-state index contributed by atoms with van der Waals surface area (Å²) in [6.07, 6.45) is 0.593. The third-order valence-corrected chi connectivity index (χ3v) is 6.17. The summed E-state index contributed by atoms with van der Waals surface area (Å²) in [6, 6.07) is 7.07. The Morgan fingerprint density at radius 1 is 1.16 bits per heavy atom. The van der Waals surface area contributed by atoms with Crippen LogP contribution >= 0.6 is 23.8 Å². The van der Waals surface area contributed by atoms with Gasteiger partial charge in [0.25, 0.3) is 0 Å². The van der Waals surface area contributed by atoms with Gasteiger partial charge in [0.15, 0.2) is 5.11 Å². The number of pyridine rings is 1. The molecule has 0 saturated carbocycles. The van der Waals surface area contributed by atoms with Crippen molar-refractivity contribution in [3.63, 3.8) is 0 Å². The van der Waals surface area contributed by atoms with Gasteiger partial charge in [-0.25, -0.2) is 0 Å². The number of alkyl halides is 3. The average molecular weight is 485 g/mol. The van der Waals surface area contributed by atoms with Gasteiger partial charge >= 0.3 is 6.18 Å². The molecule has 0 aliphatic carbocycles. The molecule has 1 aliphatic rings. The number of nitrogens with zero attached hydrogens (tertiary/aromatic N) is 2. The topological polar surface area (TPSA) is 40.2 Å². The molecule has 32 heavy (non-hydrogen) atoms. The van der Waals surface area contributed by atoms with Crippen molar-refractivity contribution in [1.29, 1.82) is 0 Å². The van der Waals surface area contributed by atoms with Crippen molar-refractivity contribution in [3.8, 4) is 0 Å². The van der Waals surface area contributed by atoms with Crippen LogP contribution in [0.25, 0.3) is 0 Å². The predicted octanol–water partition coefficient (Wildman–Crippen LogP) is 6.26. The molecule has 3 rings (SSSR count). The summed E-state index contributed by atoms with van der Waals surface area (Å²) < 4.78 is 39.7. The van der Waals surface area contributed by atoms with E-state index in [1.807, 2.05) is 17.0 Å². The number of aromatic nitrogens is 1. The van der Waals surface area contributed by atoms with Crippen molar-refractivity contribution in [3.05, 3.63) is 58.9 Å². The molecule has 1 aliphatic heterocycles. The molecule has 0 bridgehead atoms. The van der Waals surface area contributed by atoms with Crippen molar-refractivity contribution in [2.24, 2.45) is 0 Å². The number of anilines is 1. The number of nitrogens with one attached hydrogen (secondary N) is 2. The molecule has 1 saturated heterocycles. The van der Waals surface area contributed by atoms with Gasteiger partial charge in [0.1, 0.15) is 0 Å². The number of benzene rings is 1. The first kappa shape index (κ1) is 24.7. The van der Waals surface area contributed by atoms with E-state index in [2.05, 4.69) is 43.3 Å². The van der Waals surface area contributed by atoms with E-state index in [4.69, 9.17) is 23.8 Å². The van der Waals surface area contributed by atoms with Gasteiger partial charge in [-0.15, -0.1) is 0 Å². The van der Waals surface area contributed by atoms with E-state index in [1.54, 1.807) is 12.4 Å². The zero-order valence-electron chi connectivity index (χ0n) is 18.6. The summed E-state index contributed by atoms with van der Waals surface area (Å²) in [5.41, 5.74) is 0.0998. The molecule has 1 aromatic carbocycles. The van der Waals surface area contributed by atoms with E-state index in [0.717, 1.165) is 30.5 Å². The van der Waals surface area contributed by atoms with Gasteiger partial charge in [-0.2, -0.15) is 13.2 Å². The summed E-state index contributed by atoms with van der Waals surface area (Å²) in [4.78, 5) is 6.11. The van der Waals surface area contributed by atoms with E-state index in [9.17, 15) is 13.2 Å². The fourth-order valence-corrected chi connectivity index (χ4v) is 5.01. The Morgan fingerprint density at radius 3 is 2.31 bits per heavy atom.